The Kier molecular flexibility index (Phi) is 11.0. The maximum absolute atomic E-state index is 6.70. The number of nitrogens with zero attached hydrogens (tertiary/aromatic N) is 2. The molecule has 0 saturated carbocycles. The third kappa shape index (κ3) is 7.63. The summed E-state index contributed by atoms with van der Waals surface area (Å²) in [4.78, 5) is 4.91. The smallest absolute Gasteiger partial charge is 0.137 e. The highest BCUT2D eigenvalue weighted by molar-refractivity contribution is 6.12. The van der Waals surface area contributed by atoms with Crippen LogP contribution in [-0.4, -0.2) is 0 Å². The van der Waals surface area contributed by atoms with Crippen molar-refractivity contribution >= 4 is 83.9 Å². The molecule has 0 aliphatic heterocycles. The van der Waals surface area contributed by atoms with Crippen LogP contribution in [0.5, 0.6) is 0 Å². The van der Waals surface area contributed by atoms with Crippen molar-refractivity contribution < 1.29 is 8.83 Å². The Labute approximate surface area is 458 Å². The van der Waals surface area contributed by atoms with Gasteiger partial charge in [-0.3, -0.25) is 0 Å². The zero-order valence-electron chi connectivity index (χ0n) is 45.7. The van der Waals surface area contributed by atoms with Crippen molar-refractivity contribution in [3.8, 4) is 11.1 Å². The molecule has 4 heteroatoms. The molecule has 0 radical (unpaired) electrons. The highest BCUT2D eigenvalue weighted by atomic mass is 16.3. The largest absolute Gasteiger partial charge is 0.460 e. The van der Waals surface area contributed by atoms with E-state index in [-0.39, 0.29) is 10.8 Å². The first-order valence-electron chi connectivity index (χ1n) is 27.9. The topological polar surface area (TPSA) is 32.8 Å². The standard InChI is InChI=1S/C74H64N2O2/c1-47-25-27-51(28-26-47)74(50-17-9-8-10-18-50)64-43-54(75(52-33-29-48(30-34-52)72(2,3)4)55-37-40-60-58-20-13-15-23-67(58)77-69(60)44-55)39-42-63(64)71-62-22-12-11-19-57(62)66(46-65(71)74)76(53-35-31-49(32-36-53)73(5,6)7)56-38-41-61-59-21-14-16-24-68(59)78-70(61)45-56/h8-14,16-22,24-25,27-47H,15,23,26H2,1-7H3. The predicted octanol–water partition coefficient (Wildman–Crippen LogP) is 20.8. The maximum atomic E-state index is 6.70. The van der Waals surface area contributed by atoms with Crippen LogP contribution in [0.2, 0.25) is 0 Å². The summed E-state index contributed by atoms with van der Waals surface area (Å²) < 4.78 is 13.4. The van der Waals surface area contributed by atoms with Gasteiger partial charge in [-0.25, -0.2) is 0 Å². The molecule has 2 heterocycles. The van der Waals surface area contributed by atoms with Gasteiger partial charge in [0, 0.05) is 74.1 Å². The number of hydrogen-bond donors (Lipinski definition) is 0. The van der Waals surface area contributed by atoms with Crippen molar-refractivity contribution in [1.82, 2.24) is 0 Å². The van der Waals surface area contributed by atoms with Gasteiger partial charge in [0.05, 0.1) is 11.1 Å². The van der Waals surface area contributed by atoms with Crippen LogP contribution in [0.3, 0.4) is 0 Å². The predicted molar refractivity (Wildman–Crippen MR) is 328 cm³/mol. The van der Waals surface area contributed by atoms with Crippen LogP contribution < -0.4 is 9.80 Å². The summed E-state index contributed by atoms with van der Waals surface area (Å²) in [5, 5.41) is 5.77. The first-order chi connectivity index (χ1) is 37.8. The van der Waals surface area contributed by atoms with E-state index >= 15 is 0 Å². The summed E-state index contributed by atoms with van der Waals surface area (Å²) in [6.07, 6.45) is 14.7. The zero-order chi connectivity index (χ0) is 53.1. The van der Waals surface area contributed by atoms with Gasteiger partial charge in [-0.1, -0.05) is 182 Å². The summed E-state index contributed by atoms with van der Waals surface area (Å²) in [6.45, 7) is 16.0. The van der Waals surface area contributed by atoms with Crippen molar-refractivity contribution in [3.63, 3.8) is 0 Å². The van der Waals surface area contributed by atoms with E-state index in [2.05, 4.69) is 271 Å². The first kappa shape index (κ1) is 47.8. The lowest BCUT2D eigenvalue weighted by molar-refractivity contribution is 0.546. The van der Waals surface area contributed by atoms with E-state index < -0.39 is 5.41 Å². The fourth-order valence-corrected chi connectivity index (χ4v) is 13.0. The lowest BCUT2D eigenvalue weighted by atomic mass is 9.65. The lowest BCUT2D eigenvalue weighted by Crippen LogP contribution is -2.30. The van der Waals surface area contributed by atoms with E-state index in [1.54, 1.807) is 0 Å². The molecule has 78 heavy (non-hydrogen) atoms. The molecular formula is C74H64N2O2. The quantitative estimate of drug-likeness (QED) is 0.152. The number of para-hydroxylation sites is 1. The number of furan rings is 2. The molecule has 0 spiro atoms. The SMILES string of the molecule is CC1C=CC(C2(c3ccccc3)c3cc(N(c4ccc(C(C)(C)C)cc4)c4ccc5c6c(oc5c4)CCC=C6)ccc3-c3c2cc(N(c2ccc(C(C)(C)C)cc2)c2ccc4c(c2)oc2ccccc24)c2ccccc32)=CC1. The number of rotatable bonds is 8. The van der Waals surface area contributed by atoms with Crippen molar-refractivity contribution in [2.45, 2.75) is 84.0 Å². The number of allylic oxidation sites excluding steroid dienone is 5. The molecule has 11 aromatic rings. The van der Waals surface area contributed by atoms with Crippen molar-refractivity contribution in [2.75, 3.05) is 9.80 Å². The molecule has 0 bridgehead atoms. The van der Waals surface area contributed by atoms with E-state index in [1.165, 1.54) is 60.9 Å². The molecule has 382 valence electrons. The molecule has 2 aromatic heterocycles. The van der Waals surface area contributed by atoms with Gasteiger partial charge >= 0.3 is 0 Å². The second-order valence-electron chi connectivity index (χ2n) is 24.0. The molecule has 3 aliphatic rings. The summed E-state index contributed by atoms with van der Waals surface area (Å²) >= 11 is 0. The highest BCUT2D eigenvalue weighted by Crippen LogP contribution is 2.62. The van der Waals surface area contributed by atoms with Crippen LogP contribution >= 0.6 is 0 Å². The molecule has 4 nitrogen and oxygen atoms in total. The molecule has 0 saturated heterocycles. The Balaban J connectivity index is 1.05. The van der Waals surface area contributed by atoms with E-state index in [1.807, 2.05) is 6.07 Å². The number of aryl methyl sites for hydroxylation is 1. The molecule has 14 rings (SSSR count). The van der Waals surface area contributed by atoms with Gasteiger partial charge in [0.25, 0.3) is 0 Å². The number of hydrogen-bond acceptors (Lipinski definition) is 4. The van der Waals surface area contributed by atoms with Gasteiger partial charge in [0.1, 0.15) is 22.5 Å². The third-order valence-corrected chi connectivity index (χ3v) is 17.0. The number of benzene rings is 9. The Morgan fingerprint density at radius 2 is 1.06 bits per heavy atom. The zero-order valence-corrected chi connectivity index (χ0v) is 45.7. The van der Waals surface area contributed by atoms with Crippen LogP contribution in [0.1, 0.15) is 100 Å². The van der Waals surface area contributed by atoms with Crippen molar-refractivity contribution in [2.24, 2.45) is 5.92 Å². The summed E-state index contributed by atoms with van der Waals surface area (Å²) in [7, 11) is 0. The summed E-state index contributed by atoms with van der Waals surface area (Å²) in [5.74, 6) is 1.49. The molecule has 0 amide bonds. The van der Waals surface area contributed by atoms with Crippen LogP contribution in [-0.2, 0) is 22.7 Å². The van der Waals surface area contributed by atoms with E-state index in [0.717, 1.165) is 92.1 Å². The fraction of sp³-hybridized carbons (Fsp3) is 0.189. The molecule has 3 aliphatic carbocycles. The van der Waals surface area contributed by atoms with Crippen LogP contribution in [0.4, 0.5) is 34.1 Å². The second kappa shape index (κ2) is 18.0. The lowest BCUT2D eigenvalue weighted by Gasteiger charge is -2.38. The fourth-order valence-electron chi connectivity index (χ4n) is 13.0. The average molecular weight is 1010 g/mol. The monoisotopic (exact) mass is 1010 g/mol. The Morgan fingerprint density at radius 1 is 0.487 bits per heavy atom. The molecule has 2 atom stereocenters. The number of anilines is 6. The second-order valence-corrected chi connectivity index (χ2v) is 24.0. The highest BCUT2D eigenvalue weighted by Gasteiger charge is 2.49. The molecular weight excluding hydrogens is 949 g/mol. The van der Waals surface area contributed by atoms with Crippen molar-refractivity contribution in [1.29, 1.82) is 0 Å². The van der Waals surface area contributed by atoms with Gasteiger partial charge in [-0.15, -0.1) is 0 Å². The van der Waals surface area contributed by atoms with E-state index in [9.17, 15) is 0 Å². The minimum absolute atomic E-state index is 0.00363. The van der Waals surface area contributed by atoms with Crippen LogP contribution in [0.15, 0.2) is 227 Å². The summed E-state index contributed by atoms with van der Waals surface area (Å²) in [6, 6.07) is 70.6. The first-order valence-corrected chi connectivity index (χ1v) is 27.9. The maximum Gasteiger partial charge on any atom is 0.137 e. The number of fused-ring (bicyclic) bond motifs is 11. The van der Waals surface area contributed by atoms with Crippen LogP contribution in [0.25, 0.3) is 60.9 Å². The van der Waals surface area contributed by atoms with Crippen molar-refractivity contribution in [3.05, 3.63) is 257 Å². The van der Waals surface area contributed by atoms with Gasteiger partial charge in [-0.2, -0.15) is 0 Å². The van der Waals surface area contributed by atoms with Gasteiger partial charge in [-0.05, 0) is 152 Å². The van der Waals surface area contributed by atoms with Gasteiger partial charge in [0.2, 0.25) is 0 Å². The van der Waals surface area contributed by atoms with E-state index in [0.29, 0.717) is 5.92 Å². The molecule has 9 aromatic carbocycles. The normalized spacial score (nSPS) is 16.9. The summed E-state index contributed by atoms with van der Waals surface area (Å²) in [5.41, 5.74) is 19.7. The Bertz CT molecular complexity index is 4270. The van der Waals surface area contributed by atoms with Crippen LogP contribution in [0, 0.1) is 5.92 Å². The molecule has 0 fully saturated rings. The Hall–Kier alpha value is -8.60. The minimum atomic E-state index is -0.708. The van der Waals surface area contributed by atoms with E-state index in [4.69, 9.17) is 8.83 Å². The average Bonchev–Trinajstić information content (AvgIpc) is 3.50. The molecule has 0 N–H and O–H groups in total. The minimum Gasteiger partial charge on any atom is -0.460 e. The van der Waals surface area contributed by atoms with Gasteiger partial charge < -0.3 is 18.6 Å². The Morgan fingerprint density at radius 3 is 1.76 bits per heavy atom. The molecule has 2 unspecified atom stereocenters. The third-order valence-electron chi connectivity index (χ3n) is 17.0. The van der Waals surface area contributed by atoms with Gasteiger partial charge in [0.15, 0.2) is 0 Å².